The van der Waals surface area contributed by atoms with Crippen molar-refractivity contribution in [2.75, 3.05) is 32.7 Å². The Morgan fingerprint density at radius 3 is 2.47 bits per heavy atom. The fourth-order valence-electron chi connectivity index (χ4n) is 1.27. The van der Waals surface area contributed by atoms with E-state index in [1.165, 1.54) is 0 Å². The number of anilines is 1. The van der Waals surface area contributed by atoms with Crippen LogP contribution in [0, 0.1) is 0 Å². The molecule has 1 heterocycles. The summed E-state index contributed by atoms with van der Waals surface area (Å²) in [4.78, 5) is 14.1. The van der Waals surface area contributed by atoms with E-state index in [1.807, 2.05) is 27.9 Å². The Kier molecular flexibility index (Phi) is 6.23. The Morgan fingerprint density at radius 1 is 1.21 bits per heavy atom. The molecule has 0 amide bonds. The van der Waals surface area contributed by atoms with Crippen LogP contribution in [0.3, 0.4) is 0 Å². The largest absolute Gasteiger partial charge is 0.463 e. The van der Waals surface area contributed by atoms with Crippen molar-refractivity contribution in [3.05, 3.63) is 0 Å². The monoisotopic (exact) mass is 270 g/mol. The second-order valence-electron chi connectivity index (χ2n) is 4.54. The molecule has 0 saturated carbocycles. The number of aromatic nitrogens is 3. The van der Waals surface area contributed by atoms with Gasteiger partial charge in [-0.2, -0.15) is 9.97 Å². The predicted molar refractivity (Wildman–Crippen MR) is 72.1 cm³/mol. The second-order valence-corrected chi connectivity index (χ2v) is 4.54. The summed E-state index contributed by atoms with van der Waals surface area (Å²) >= 11 is 0. The molecule has 8 heteroatoms. The minimum atomic E-state index is -0.0328. The van der Waals surface area contributed by atoms with Gasteiger partial charge in [-0.3, -0.25) is 5.43 Å². The molecule has 108 valence electrons. The molecule has 1 aromatic rings. The van der Waals surface area contributed by atoms with E-state index < -0.39 is 0 Å². The topological polar surface area (TPSA) is 98.4 Å². The van der Waals surface area contributed by atoms with Gasteiger partial charge in [-0.05, 0) is 34.4 Å². The summed E-state index contributed by atoms with van der Waals surface area (Å²) in [5.74, 6) is 5.51. The zero-order chi connectivity index (χ0) is 14.3. The van der Waals surface area contributed by atoms with Gasteiger partial charge in [0.05, 0.1) is 12.7 Å². The number of nitrogen functional groups attached to an aromatic ring is 1. The summed E-state index contributed by atoms with van der Waals surface area (Å²) in [5, 5.41) is 0. The Bertz CT molecular complexity index is 385. The first-order valence-corrected chi connectivity index (χ1v) is 6.18. The summed E-state index contributed by atoms with van der Waals surface area (Å²) in [6.07, 6.45) is 0.847. The Morgan fingerprint density at radius 2 is 1.89 bits per heavy atom. The van der Waals surface area contributed by atoms with E-state index in [1.54, 1.807) is 0 Å². The van der Waals surface area contributed by atoms with Crippen molar-refractivity contribution in [2.45, 2.75) is 26.4 Å². The van der Waals surface area contributed by atoms with Gasteiger partial charge in [0.25, 0.3) is 0 Å². The van der Waals surface area contributed by atoms with Gasteiger partial charge in [0, 0.05) is 6.54 Å². The molecule has 8 nitrogen and oxygen atoms in total. The number of nitrogens with two attached hydrogens (primary N) is 1. The number of rotatable bonds is 8. The van der Waals surface area contributed by atoms with Crippen molar-refractivity contribution in [3.8, 4) is 12.0 Å². The van der Waals surface area contributed by atoms with Gasteiger partial charge in [-0.1, -0.05) is 0 Å². The predicted octanol–water partition coefficient (Wildman–Crippen LogP) is 0.275. The second kappa shape index (κ2) is 7.70. The van der Waals surface area contributed by atoms with Gasteiger partial charge in [0.15, 0.2) is 0 Å². The lowest BCUT2D eigenvalue weighted by atomic mass is 10.4. The van der Waals surface area contributed by atoms with Crippen LogP contribution in [0.15, 0.2) is 0 Å². The highest BCUT2D eigenvalue weighted by Crippen LogP contribution is 2.13. The quantitative estimate of drug-likeness (QED) is 0.395. The Labute approximate surface area is 113 Å². The van der Waals surface area contributed by atoms with Gasteiger partial charge >= 0.3 is 12.0 Å². The molecule has 0 aliphatic rings. The molecule has 0 unspecified atom stereocenters. The van der Waals surface area contributed by atoms with Crippen LogP contribution in [0.4, 0.5) is 5.95 Å². The van der Waals surface area contributed by atoms with Crippen LogP contribution in [-0.4, -0.2) is 53.2 Å². The number of nitrogens with one attached hydrogen (secondary N) is 1. The molecule has 0 atom stereocenters. The molecule has 1 aromatic heterocycles. The van der Waals surface area contributed by atoms with Gasteiger partial charge < -0.3 is 14.4 Å². The summed E-state index contributed by atoms with van der Waals surface area (Å²) in [6, 6.07) is 0.401. The highest BCUT2D eigenvalue weighted by molar-refractivity contribution is 5.25. The number of hydrogen-bond donors (Lipinski definition) is 2. The zero-order valence-electron chi connectivity index (χ0n) is 11.9. The van der Waals surface area contributed by atoms with Crippen molar-refractivity contribution < 1.29 is 9.47 Å². The lowest BCUT2D eigenvalue weighted by molar-refractivity contribution is 0.211. The summed E-state index contributed by atoms with van der Waals surface area (Å²) in [7, 11) is 4.02. The fourth-order valence-corrected chi connectivity index (χ4v) is 1.27. The number of nitrogens with zero attached hydrogens (tertiary/aromatic N) is 4. The minimum Gasteiger partial charge on any atom is -0.463 e. The van der Waals surface area contributed by atoms with Gasteiger partial charge in [-0.15, -0.1) is 4.98 Å². The number of ether oxygens (including phenoxy) is 2. The van der Waals surface area contributed by atoms with Crippen LogP contribution in [0.2, 0.25) is 0 Å². The third kappa shape index (κ3) is 6.16. The lowest BCUT2D eigenvalue weighted by Gasteiger charge is -2.11. The van der Waals surface area contributed by atoms with Gasteiger partial charge in [-0.25, -0.2) is 5.84 Å². The van der Waals surface area contributed by atoms with E-state index in [0.29, 0.717) is 6.61 Å². The maximum absolute atomic E-state index is 5.46. The highest BCUT2D eigenvalue weighted by Gasteiger charge is 2.09. The van der Waals surface area contributed by atoms with E-state index in [9.17, 15) is 0 Å². The van der Waals surface area contributed by atoms with Crippen molar-refractivity contribution in [1.82, 2.24) is 19.9 Å². The van der Waals surface area contributed by atoms with Crippen LogP contribution in [0.5, 0.6) is 12.0 Å². The molecule has 0 radical (unpaired) electrons. The summed E-state index contributed by atoms with van der Waals surface area (Å²) in [5.41, 5.74) is 2.36. The first-order chi connectivity index (χ1) is 9.01. The molecule has 1 rings (SSSR count). The smallest absolute Gasteiger partial charge is 0.324 e. The van der Waals surface area contributed by atoms with Crippen molar-refractivity contribution in [3.63, 3.8) is 0 Å². The molecule has 0 aliphatic heterocycles. The third-order valence-corrected chi connectivity index (χ3v) is 2.05. The molecular weight excluding hydrogens is 248 g/mol. The molecule has 19 heavy (non-hydrogen) atoms. The molecule has 0 spiro atoms. The fraction of sp³-hybridized carbons (Fsp3) is 0.727. The highest BCUT2D eigenvalue weighted by atomic mass is 16.5. The first kappa shape index (κ1) is 15.4. The van der Waals surface area contributed by atoms with Gasteiger partial charge in [0.1, 0.15) is 0 Å². The van der Waals surface area contributed by atoms with Crippen LogP contribution in [-0.2, 0) is 0 Å². The molecule has 0 aliphatic carbocycles. The number of hydrazine groups is 1. The molecule has 0 bridgehead atoms. The van der Waals surface area contributed by atoms with Crippen LogP contribution >= 0.6 is 0 Å². The Balaban J connectivity index is 2.60. The van der Waals surface area contributed by atoms with Crippen LogP contribution in [0.25, 0.3) is 0 Å². The van der Waals surface area contributed by atoms with E-state index in [-0.39, 0.29) is 24.1 Å². The molecule has 0 aromatic carbocycles. The van der Waals surface area contributed by atoms with Crippen molar-refractivity contribution in [1.29, 1.82) is 0 Å². The van der Waals surface area contributed by atoms with E-state index in [0.717, 1.165) is 13.0 Å². The van der Waals surface area contributed by atoms with Crippen molar-refractivity contribution >= 4 is 5.95 Å². The lowest BCUT2D eigenvalue weighted by Crippen LogP contribution is -2.17. The van der Waals surface area contributed by atoms with E-state index in [4.69, 9.17) is 15.3 Å². The third-order valence-electron chi connectivity index (χ3n) is 2.05. The van der Waals surface area contributed by atoms with Gasteiger partial charge in [0.2, 0.25) is 5.95 Å². The first-order valence-electron chi connectivity index (χ1n) is 6.18. The molecule has 3 N–H and O–H groups in total. The zero-order valence-corrected chi connectivity index (χ0v) is 11.9. The van der Waals surface area contributed by atoms with Crippen molar-refractivity contribution in [2.24, 2.45) is 5.84 Å². The standard InChI is InChI=1S/C11H22N6O2/c1-8(2)19-11-14-9(16-12)13-10(15-11)18-7-5-6-17(3)4/h8H,5-7,12H2,1-4H3,(H,13,14,15,16). The maximum Gasteiger partial charge on any atom is 0.324 e. The summed E-state index contributed by atoms with van der Waals surface area (Å²) in [6.45, 7) is 5.23. The summed E-state index contributed by atoms with van der Waals surface area (Å²) < 4.78 is 10.9. The minimum absolute atomic E-state index is 0.0328. The average Bonchev–Trinajstić information content (AvgIpc) is 2.33. The average molecular weight is 270 g/mol. The van der Waals surface area contributed by atoms with Crippen LogP contribution in [0.1, 0.15) is 20.3 Å². The molecular formula is C11H22N6O2. The van der Waals surface area contributed by atoms with Crippen LogP contribution < -0.4 is 20.7 Å². The van der Waals surface area contributed by atoms with E-state index in [2.05, 4.69) is 25.3 Å². The molecule has 0 fully saturated rings. The molecule has 0 saturated heterocycles. The van der Waals surface area contributed by atoms with E-state index >= 15 is 0 Å². The number of hydrogen-bond acceptors (Lipinski definition) is 8. The Hall–Kier alpha value is -1.67. The normalized spacial score (nSPS) is 10.9. The maximum atomic E-state index is 5.46. The SMILES string of the molecule is CC(C)Oc1nc(NN)nc(OCCCN(C)C)n1.